The third-order valence-electron chi connectivity index (χ3n) is 2.18. The van der Waals surface area contributed by atoms with Crippen molar-refractivity contribution in [2.45, 2.75) is 38.9 Å². The molecule has 0 saturated carbocycles. The van der Waals surface area contributed by atoms with E-state index in [0.29, 0.717) is 24.9 Å². The summed E-state index contributed by atoms with van der Waals surface area (Å²) in [5.41, 5.74) is 0. The Labute approximate surface area is 99.8 Å². The summed E-state index contributed by atoms with van der Waals surface area (Å²) in [7, 11) is -1.11. The molecular formula is C11H22O4S. The molecule has 0 aliphatic rings. The van der Waals surface area contributed by atoms with E-state index in [4.69, 9.17) is 9.84 Å². The third kappa shape index (κ3) is 8.85. The van der Waals surface area contributed by atoms with Crippen LogP contribution in [0.5, 0.6) is 0 Å². The van der Waals surface area contributed by atoms with Gasteiger partial charge in [-0.25, -0.2) is 0 Å². The highest BCUT2D eigenvalue weighted by atomic mass is 32.2. The molecule has 16 heavy (non-hydrogen) atoms. The number of hydrogen-bond donors (Lipinski definition) is 1. The predicted octanol–water partition coefficient (Wildman–Crippen LogP) is 1.66. The van der Waals surface area contributed by atoms with Gasteiger partial charge < -0.3 is 9.84 Å². The van der Waals surface area contributed by atoms with Gasteiger partial charge in [0.1, 0.15) is 0 Å². The van der Waals surface area contributed by atoms with E-state index in [1.807, 2.05) is 0 Å². The molecule has 0 bridgehead atoms. The van der Waals surface area contributed by atoms with Gasteiger partial charge in [-0.05, 0) is 12.3 Å². The maximum Gasteiger partial charge on any atom is 0.304 e. The van der Waals surface area contributed by atoms with Crippen LogP contribution in [-0.4, -0.2) is 39.5 Å². The van der Waals surface area contributed by atoms with Crippen molar-refractivity contribution in [3.63, 3.8) is 0 Å². The van der Waals surface area contributed by atoms with Crippen LogP contribution in [0.25, 0.3) is 0 Å². The number of carboxylic acids is 1. The molecule has 0 fully saturated rings. The third-order valence-corrected chi connectivity index (χ3v) is 3.81. The zero-order valence-electron chi connectivity index (χ0n) is 10.3. The van der Waals surface area contributed by atoms with Gasteiger partial charge in [-0.3, -0.25) is 9.00 Å². The van der Waals surface area contributed by atoms with E-state index in [-0.39, 0.29) is 11.7 Å². The zero-order valence-corrected chi connectivity index (χ0v) is 11.1. The minimum Gasteiger partial charge on any atom is -0.481 e. The van der Waals surface area contributed by atoms with Gasteiger partial charge in [0.05, 0.1) is 13.0 Å². The molecule has 0 heterocycles. The number of rotatable bonds is 9. The number of aliphatic carboxylic acids is 1. The molecular weight excluding hydrogens is 228 g/mol. The van der Waals surface area contributed by atoms with Crippen LogP contribution in [-0.2, 0) is 20.3 Å². The van der Waals surface area contributed by atoms with Gasteiger partial charge >= 0.3 is 5.97 Å². The fourth-order valence-electron chi connectivity index (χ4n) is 1.10. The standard InChI is InChI=1S/C11H22O4S/c1-9(2)4-5-15-6-7-16(14)10(3)8-11(12)13/h9-10H,4-8H2,1-3H3,(H,12,13). The van der Waals surface area contributed by atoms with Crippen molar-refractivity contribution < 1.29 is 18.8 Å². The molecule has 0 amide bonds. The summed E-state index contributed by atoms with van der Waals surface area (Å²) < 4.78 is 16.9. The molecule has 96 valence electrons. The summed E-state index contributed by atoms with van der Waals surface area (Å²) in [6.45, 7) is 7.07. The van der Waals surface area contributed by atoms with E-state index in [2.05, 4.69) is 13.8 Å². The fourth-order valence-corrected chi connectivity index (χ4v) is 2.12. The van der Waals surface area contributed by atoms with E-state index in [9.17, 15) is 9.00 Å². The van der Waals surface area contributed by atoms with Gasteiger partial charge in [-0.15, -0.1) is 0 Å². The smallest absolute Gasteiger partial charge is 0.304 e. The van der Waals surface area contributed by atoms with Crippen LogP contribution in [0.4, 0.5) is 0 Å². The van der Waals surface area contributed by atoms with Crippen molar-refractivity contribution in [1.29, 1.82) is 0 Å². The topological polar surface area (TPSA) is 63.6 Å². The van der Waals surface area contributed by atoms with Crippen LogP contribution < -0.4 is 0 Å². The maximum absolute atomic E-state index is 11.5. The molecule has 1 N–H and O–H groups in total. The van der Waals surface area contributed by atoms with Gasteiger partial charge in [0.15, 0.2) is 0 Å². The average Bonchev–Trinajstić information content (AvgIpc) is 2.15. The first kappa shape index (κ1) is 15.6. The summed E-state index contributed by atoms with van der Waals surface area (Å²) in [6.07, 6.45) is 0.954. The zero-order chi connectivity index (χ0) is 12.6. The minimum absolute atomic E-state index is 0.0431. The molecule has 5 heteroatoms. The Hall–Kier alpha value is -0.420. The van der Waals surface area contributed by atoms with Crippen molar-refractivity contribution >= 4 is 16.8 Å². The summed E-state index contributed by atoms with van der Waals surface area (Å²) in [5.74, 6) is 0.130. The van der Waals surface area contributed by atoms with Gasteiger partial charge in [0.2, 0.25) is 0 Å². The van der Waals surface area contributed by atoms with Gasteiger partial charge in [0, 0.05) is 28.4 Å². The summed E-state index contributed by atoms with van der Waals surface area (Å²) in [4.78, 5) is 10.4. The SMILES string of the molecule is CC(C)CCOCCS(=O)C(C)CC(=O)O. The minimum atomic E-state index is -1.11. The molecule has 0 radical (unpaired) electrons. The van der Waals surface area contributed by atoms with Crippen LogP contribution in [0, 0.1) is 5.92 Å². The molecule has 2 atom stereocenters. The first-order valence-corrected chi connectivity index (χ1v) is 6.98. The Morgan fingerprint density at radius 2 is 1.94 bits per heavy atom. The molecule has 0 aromatic heterocycles. The average molecular weight is 250 g/mol. The van der Waals surface area contributed by atoms with Gasteiger partial charge in [0.25, 0.3) is 0 Å². The van der Waals surface area contributed by atoms with E-state index in [1.165, 1.54) is 0 Å². The van der Waals surface area contributed by atoms with Crippen molar-refractivity contribution in [1.82, 2.24) is 0 Å². The normalized spacial score (nSPS) is 15.0. The van der Waals surface area contributed by atoms with E-state index < -0.39 is 16.8 Å². The Morgan fingerprint density at radius 1 is 1.31 bits per heavy atom. The highest BCUT2D eigenvalue weighted by Gasteiger charge is 2.14. The maximum atomic E-state index is 11.5. The number of hydrogen-bond acceptors (Lipinski definition) is 3. The Bertz CT molecular complexity index is 228. The number of carbonyl (C=O) groups is 1. The van der Waals surface area contributed by atoms with E-state index >= 15 is 0 Å². The highest BCUT2D eigenvalue weighted by molar-refractivity contribution is 7.85. The molecule has 0 aliphatic heterocycles. The van der Waals surface area contributed by atoms with Gasteiger partial charge in [-0.2, -0.15) is 0 Å². The number of ether oxygens (including phenoxy) is 1. The summed E-state index contributed by atoms with van der Waals surface area (Å²) >= 11 is 0. The van der Waals surface area contributed by atoms with Crippen LogP contribution in [0.15, 0.2) is 0 Å². The quantitative estimate of drug-likeness (QED) is 0.632. The molecule has 0 aromatic carbocycles. The first-order chi connectivity index (χ1) is 7.43. The molecule has 0 aliphatic carbocycles. The Balaban J connectivity index is 3.53. The van der Waals surface area contributed by atoms with E-state index in [1.54, 1.807) is 6.92 Å². The molecule has 2 unspecified atom stereocenters. The fraction of sp³-hybridized carbons (Fsp3) is 0.909. The van der Waals surface area contributed by atoms with Crippen molar-refractivity contribution in [2.24, 2.45) is 5.92 Å². The second-order valence-corrected chi connectivity index (χ2v) is 6.26. The largest absolute Gasteiger partial charge is 0.481 e. The second kappa shape index (κ2) is 8.70. The second-order valence-electron chi connectivity index (χ2n) is 4.29. The predicted molar refractivity (Wildman–Crippen MR) is 65.0 cm³/mol. The Kier molecular flexibility index (Phi) is 8.47. The first-order valence-electron chi connectivity index (χ1n) is 5.60. The van der Waals surface area contributed by atoms with Crippen molar-refractivity contribution in [3.05, 3.63) is 0 Å². The monoisotopic (exact) mass is 250 g/mol. The molecule has 0 aromatic rings. The van der Waals surface area contributed by atoms with Crippen LogP contribution in [0.2, 0.25) is 0 Å². The van der Waals surface area contributed by atoms with Gasteiger partial charge in [-0.1, -0.05) is 20.8 Å². The lowest BCUT2D eigenvalue weighted by atomic mass is 10.1. The lowest BCUT2D eigenvalue weighted by Crippen LogP contribution is -2.20. The summed E-state index contributed by atoms with van der Waals surface area (Å²) in [5, 5.41) is 8.24. The Morgan fingerprint density at radius 3 is 2.44 bits per heavy atom. The van der Waals surface area contributed by atoms with Crippen LogP contribution in [0.1, 0.15) is 33.6 Å². The lowest BCUT2D eigenvalue weighted by molar-refractivity contribution is -0.136. The molecule has 0 saturated heterocycles. The van der Waals surface area contributed by atoms with Crippen molar-refractivity contribution in [3.8, 4) is 0 Å². The van der Waals surface area contributed by atoms with E-state index in [0.717, 1.165) is 6.42 Å². The molecule has 0 rings (SSSR count). The van der Waals surface area contributed by atoms with Crippen LogP contribution in [0.3, 0.4) is 0 Å². The highest BCUT2D eigenvalue weighted by Crippen LogP contribution is 2.03. The lowest BCUT2D eigenvalue weighted by Gasteiger charge is -2.09. The van der Waals surface area contributed by atoms with Crippen LogP contribution >= 0.6 is 0 Å². The molecule has 0 spiro atoms. The number of carboxylic acid groups (broad SMARTS) is 1. The summed E-state index contributed by atoms with van der Waals surface area (Å²) in [6, 6.07) is 0. The molecule has 4 nitrogen and oxygen atoms in total. The van der Waals surface area contributed by atoms with Crippen molar-refractivity contribution in [2.75, 3.05) is 19.0 Å².